The van der Waals surface area contributed by atoms with Crippen molar-refractivity contribution in [2.24, 2.45) is 5.73 Å². The summed E-state index contributed by atoms with van der Waals surface area (Å²) in [6, 6.07) is 22.0. The van der Waals surface area contributed by atoms with Crippen LogP contribution in [-0.4, -0.2) is 4.98 Å². The smallest absolute Gasteiger partial charge is 0.119 e. The molecule has 0 amide bonds. The van der Waals surface area contributed by atoms with E-state index in [0.717, 1.165) is 28.1 Å². The standard InChI is InChI=1S/C19H18N2O/c20-13-16-10-11-21-19(12-16)17-6-8-18(9-7-17)22-14-15-4-2-1-3-5-15/h1-12H,13-14,20H2. The lowest BCUT2D eigenvalue weighted by atomic mass is 10.1. The highest BCUT2D eigenvalue weighted by Gasteiger charge is 2.01. The molecule has 2 N–H and O–H groups in total. The quantitative estimate of drug-likeness (QED) is 0.777. The van der Waals surface area contributed by atoms with Gasteiger partial charge < -0.3 is 10.5 Å². The van der Waals surface area contributed by atoms with Crippen LogP contribution in [-0.2, 0) is 13.2 Å². The average Bonchev–Trinajstić information content (AvgIpc) is 2.61. The molecular weight excluding hydrogens is 272 g/mol. The number of nitrogens with two attached hydrogens (primary N) is 1. The number of benzene rings is 2. The fourth-order valence-electron chi connectivity index (χ4n) is 2.22. The third-order valence-electron chi connectivity index (χ3n) is 3.46. The second kappa shape index (κ2) is 6.87. The fraction of sp³-hybridized carbons (Fsp3) is 0.105. The Kier molecular flexibility index (Phi) is 4.47. The Hall–Kier alpha value is -2.65. The van der Waals surface area contributed by atoms with Gasteiger partial charge in [-0.3, -0.25) is 4.98 Å². The van der Waals surface area contributed by atoms with Crippen LogP contribution in [0.4, 0.5) is 0 Å². The van der Waals surface area contributed by atoms with E-state index >= 15 is 0 Å². The van der Waals surface area contributed by atoms with Gasteiger partial charge in [0.1, 0.15) is 12.4 Å². The molecule has 22 heavy (non-hydrogen) atoms. The first-order chi connectivity index (χ1) is 10.8. The van der Waals surface area contributed by atoms with Crippen molar-refractivity contribution in [2.45, 2.75) is 13.2 Å². The van der Waals surface area contributed by atoms with Crippen LogP contribution in [0.3, 0.4) is 0 Å². The van der Waals surface area contributed by atoms with Crippen LogP contribution in [0.2, 0.25) is 0 Å². The van der Waals surface area contributed by atoms with Gasteiger partial charge in [-0.2, -0.15) is 0 Å². The Balaban J connectivity index is 1.69. The predicted octanol–water partition coefficient (Wildman–Crippen LogP) is 3.79. The molecule has 0 fully saturated rings. The van der Waals surface area contributed by atoms with E-state index in [1.165, 1.54) is 0 Å². The molecule has 3 nitrogen and oxygen atoms in total. The summed E-state index contributed by atoms with van der Waals surface area (Å²) < 4.78 is 5.79. The highest BCUT2D eigenvalue weighted by Crippen LogP contribution is 2.22. The third kappa shape index (κ3) is 3.51. The normalized spacial score (nSPS) is 10.4. The number of aromatic nitrogens is 1. The molecule has 0 spiro atoms. The molecule has 0 radical (unpaired) electrons. The Bertz CT molecular complexity index is 724. The number of rotatable bonds is 5. The molecule has 1 aromatic heterocycles. The zero-order valence-corrected chi connectivity index (χ0v) is 12.3. The van der Waals surface area contributed by atoms with Gasteiger partial charge in [0.15, 0.2) is 0 Å². The largest absolute Gasteiger partial charge is 0.489 e. The summed E-state index contributed by atoms with van der Waals surface area (Å²) >= 11 is 0. The molecule has 0 aliphatic rings. The van der Waals surface area contributed by atoms with Crippen molar-refractivity contribution in [3.63, 3.8) is 0 Å². The number of ether oxygens (including phenoxy) is 1. The lowest BCUT2D eigenvalue weighted by molar-refractivity contribution is 0.306. The summed E-state index contributed by atoms with van der Waals surface area (Å²) in [6.45, 7) is 1.09. The maximum atomic E-state index is 5.79. The van der Waals surface area contributed by atoms with Crippen molar-refractivity contribution in [1.29, 1.82) is 0 Å². The second-order valence-electron chi connectivity index (χ2n) is 5.05. The molecule has 0 saturated heterocycles. The molecule has 2 aromatic carbocycles. The van der Waals surface area contributed by atoms with Crippen molar-refractivity contribution in [2.75, 3.05) is 0 Å². The van der Waals surface area contributed by atoms with Crippen LogP contribution in [0.5, 0.6) is 5.75 Å². The summed E-state index contributed by atoms with van der Waals surface area (Å²) in [5, 5.41) is 0. The zero-order valence-electron chi connectivity index (χ0n) is 12.3. The first-order valence-electron chi connectivity index (χ1n) is 7.27. The van der Waals surface area contributed by atoms with E-state index in [1.54, 1.807) is 6.20 Å². The SMILES string of the molecule is NCc1ccnc(-c2ccc(OCc3ccccc3)cc2)c1. The maximum absolute atomic E-state index is 5.79. The van der Waals surface area contributed by atoms with Gasteiger partial charge >= 0.3 is 0 Å². The zero-order chi connectivity index (χ0) is 15.2. The Morgan fingerprint density at radius 3 is 2.36 bits per heavy atom. The molecule has 3 rings (SSSR count). The summed E-state index contributed by atoms with van der Waals surface area (Å²) in [5.41, 5.74) is 9.89. The molecule has 0 aliphatic heterocycles. The van der Waals surface area contributed by atoms with Crippen molar-refractivity contribution >= 4 is 0 Å². The molecule has 3 heteroatoms. The number of hydrogen-bond acceptors (Lipinski definition) is 3. The molecule has 3 aromatic rings. The number of hydrogen-bond donors (Lipinski definition) is 1. The first kappa shape index (κ1) is 14.3. The van der Waals surface area contributed by atoms with Gasteiger partial charge in [-0.05, 0) is 47.5 Å². The van der Waals surface area contributed by atoms with E-state index in [2.05, 4.69) is 17.1 Å². The maximum Gasteiger partial charge on any atom is 0.119 e. The topological polar surface area (TPSA) is 48.1 Å². The van der Waals surface area contributed by atoms with Gasteiger partial charge in [0.05, 0.1) is 5.69 Å². The predicted molar refractivity (Wildman–Crippen MR) is 88.3 cm³/mol. The molecule has 0 saturated carbocycles. The minimum absolute atomic E-state index is 0.522. The Labute approximate surface area is 130 Å². The van der Waals surface area contributed by atoms with Gasteiger partial charge in [-0.1, -0.05) is 30.3 Å². The van der Waals surface area contributed by atoms with Crippen LogP contribution >= 0.6 is 0 Å². The van der Waals surface area contributed by atoms with Crippen molar-refractivity contribution in [3.05, 3.63) is 84.1 Å². The van der Waals surface area contributed by atoms with Crippen LogP contribution < -0.4 is 10.5 Å². The van der Waals surface area contributed by atoms with Gasteiger partial charge in [-0.25, -0.2) is 0 Å². The molecule has 0 aliphatic carbocycles. The van der Waals surface area contributed by atoms with Gasteiger partial charge in [0, 0.05) is 18.3 Å². The van der Waals surface area contributed by atoms with Crippen LogP contribution in [0.25, 0.3) is 11.3 Å². The summed E-state index contributed by atoms with van der Waals surface area (Å²) in [4.78, 5) is 4.38. The van der Waals surface area contributed by atoms with E-state index in [1.807, 2.05) is 54.6 Å². The van der Waals surface area contributed by atoms with E-state index in [4.69, 9.17) is 10.5 Å². The van der Waals surface area contributed by atoms with Crippen molar-refractivity contribution < 1.29 is 4.74 Å². The van der Waals surface area contributed by atoms with Crippen molar-refractivity contribution in [1.82, 2.24) is 4.98 Å². The van der Waals surface area contributed by atoms with E-state index in [9.17, 15) is 0 Å². The highest BCUT2D eigenvalue weighted by atomic mass is 16.5. The van der Waals surface area contributed by atoms with Crippen LogP contribution in [0, 0.1) is 0 Å². The van der Waals surface area contributed by atoms with E-state index in [0.29, 0.717) is 13.2 Å². The second-order valence-corrected chi connectivity index (χ2v) is 5.05. The fourth-order valence-corrected chi connectivity index (χ4v) is 2.22. The number of nitrogens with zero attached hydrogens (tertiary/aromatic N) is 1. The molecule has 1 heterocycles. The summed E-state index contributed by atoms with van der Waals surface area (Å²) in [6.07, 6.45) is 1.79. The lowest BCUT2D eigenvalue weighted by Gasteiger charge is -2.08. The highest BCUT2D eigenvalue weighted by molar-refractivity contribution is 5.60. The Morgan fingerprint density at radius 1 is 0.864 bits per heavy atom. The summed E-state index contributed by atoms with van der Waals surface area (Å²) in [7, 11) is 0. The third-order valence-corrected chi connectivity index (χ3v) is 3.46. The molecule has 0 atom stereocenters. The van der Waals surface area contributed by atoms with Gasteiger partial charge in [0.2, 0.25) is 0 Å². The Morgan fingerprint density at radius 2 is 1.64 bits per heavy atom. The molecule has 0 unspecified atom stereocenters. The molecular formula is C19H18N2O. The van der Waals surface area contributed by atoms with E-state index < -0.39 is 0 Å². The summed E-state index contributed by atoms with van der Waals surface area (Å²) in [5.74, 6) is 0.850. The molecule has 110 valence electrons. The monoisotopic (exact) mass is 290 g/mol. The molecule has 0 bridgehead atoms. The number of pyridine rings is 1. The minimum Gasteiger partial charge on any atom is -0.489 e. The van der Waals surface area contributed by atoms with Gasteiger partial charge in [0.25, 0.3) is 0 Å². The average molecular weight is 290 g/mol. The van der Waals surface area contributed by atoms with Crippen molar-refractivity contribution in [3.8, 4) is 17.0 Å². The first-order valence-corrected chi connectivity index (χ1v) is 7.27. The lowest BCUT2D eigenvalue weighted by Crippen LogP contribution is -1.97. The van der Waals surface area contributed by atoms with Crippen LogP contribution in [0.15, 0.2) is 72.9 Å². The van der Waals surface area contributed by atoms with Crippen LogP contribution in [0.1, 0.15) is 11.1 Å². The van der Waals surface area contributed by atoms with Gasteiger partial charge in [-0.15, -0.1) is 0 Å². The minimum atomic E-state index is 0.522. The van der Waals surface area contributed by atoms with E-state index in [-0.39, 0.29) is 0 Å².